The zero-order valence-electron chi connectivity index (χ0n) is 13.0. The van der Waals surface area contributed by atoms with E-state index in [4.69, 9.17) is 4.74 Å². The van der Waals surface area contributed by atoms with E-state index in [-0.39, 0.29) is 17.9 Å². The number of aromatic nitrogens is 4. The first kappa shape index (κ1) is 14.3. The van der Waals surface area contributed by atoms with E-state index in [1.165, 1.54) is 12.8 Å². The smallest absolute Gasteiger partial charge is 0.254 e. The SMILES string of the molecule is CO[C@@H]1CN(C(=O)c2ccnc(C3CC3)c2)C[C@H]1c1cn[nH]n1. The number of hydrogen-bond acceptors (Lipinski definition) is 5. The number of amides is 1. The van der Waals surface area contributed by atoms with Gasteiger partial charge in [-0.15, -0.1) is 0 Å². The number of rotatable bonds is 4. The highest BCUT2D eigenvalue weighted by molar-refractivity contribution is 5.94. The highest BCUT2D eigenvalue weighted by Gasteiger charge is 2.38. The van der Waals surface area contributed by atoms with Crippen LogP contribution in [0.1, 0.15) is 46.4 Å². The quantitative estimate of drug-likeness (QED) is 0.920. The Hall–Kier alpha value is -2.28. The average molecular weight is 313 g/mol. The topological polar surface area (TPSA) is 84.0 Å². The van der Waals surface area contributed by atoms with Crippen molar-refractivity contribution in [1.29, 1.82) is 0 Å². The molecule has 2 atom stereocenters. The predicted octanol–water partition coefficient (Wildman–Crippen LogP) is 1.33. The van der Waals surface area contributed by atoms with Crippen molar-refractivity contribution >= 4 is 5.91 Å². The molecule has 1 aliphatic heterocycles. The van der Waals surface area contributed by atoms with Gasteiger partial charge in [-0.3, -0.25) is 9.78 Å². The number of carbonyl (C=O) groups excluding carboxylic acids is 1. The van der Waals surface area contributed by atoms with Crippen molar-refractivity contribution < 1.29 is 9.53 Å². The molecule has 4 rings (SSSR count). The summed E-state index contributed by atoms with van der Waals surface area (Å²) in [6.45, 7) is 1.15. The second-order valence-electron chi connectivity index (χ2n) is 6.23. The Bertz CT molecular complexity index is 698. The molecule has 1 N–H and O–H groups in total. The number of likely N-dealkylation sites (tertiary alicyclic amines) is 1. The van der Waals surface area contributed by atoms with Crippen molar-refractivity contribution in [3.8, 4) is 0 Å². The highest BCUT2D eigenvalue weighted by Crippen LogP contribution is 2.39. The molecule has 1 amide bonds. The van der Waals surface area contributed by atoms with Gasteiger partial charge in [-0.1, -0.05) is 0 Å². The molecular formula is C16H19N5O2. The van der Waals surface area contributed by atoms with E-state index in [9.17, 15) is 4.79 Å². The molecule has 120 valence electrons. The third-order valence-corrected chi connectivity index (χ3v) is 4.69. The molecule has 0 radical (unpaired) electrons. The zero-order chi connectivity index (χ0) is 15.8. The number of pyridine rings is 1. The highest BCUT2D eigenvalue weighted by atomic mass is 16.5. The summed E-state index contributed by atoms with van der Waals surface area (Å²) in [4.78, 5) is 19.0. The van der Waals surface area contributed by atoms with Crippen LogP contribution < -0.4 is 0 Å². The Labute approximate surface area is 134 Å². The predicted molar refractivity (Wildman–Crippen MR) is 82.0 cm³/mol. The maximum atomic E-state index is 12.8. The van der Waals surface area contributed by atoms with Gasteiger partial charge in [0.2, 0.25) is 0 Å². The molecule has 2 aromatic rings. The van der Waals surface area contributed by atoms with Gasteiger partial charge in [-0.05, 0) is 25.0 Å². The summed E-state index contributed by atoms with van der Waals surface area (Å²) in [6.07, 6.45) is 5.72. The van der Waals surface area contributed by atoms with Crippen LogP contribution in [0.2, 0.25) is 0 Å². The van der Waals surface area contributed by atoms with Crippen molar-refractivity contribution in [1.82, 2.24) is 25.3 Å². The summed E-state index contributed by atoms with van der Waals surface area (Å²) >= 11 is 0. The van der Waals surface area contributed by atoms with E-state index in [0.29, 0.717) is 24.6 Å². The van der Waals surface area contributed by atoms with Gasteiger partial charge in [-0.2, -0.15) is 15.4 Å². The molecule has 2 aliphatic rings. The molecule has 7 heteroatoms. The number of nitrogens with zero attached hydrogens (tertiary/aromatic N) is 4. The number of hydrogen-bond donors (Lipinski definition) is 1. The molecule has 2 fully saturated rings. The van der Waals surface area contributed by atoms with Crippen LogP contribution in [0.15, 0.2) is 24.5 Å². The van der Waals surface area contributed by atoms with Crippen molar-refractivity contribution in [3.05, 3.63) is 41.5 Å². The first-order valence-electron chi connectivity index (χ1n) is 7.90. The second kappa shape index (κ2) is 5.73. The molecule has 23 heavy (non-hydrogen) atoms. The minimum absolute atomic E-state index is 0.0299. The Morgan fingerprint density at radius 3 is 2.91 bits per heavy atom. The summed E-state index contributed by atoms with van der Waals surface area (Å²) in [6, 6.07) is 3.73. The number of carbonyl (C=O) groups is 1. The lowest BCUT2D eigenvalue weighted by atomic mass is 10.0. The van der Waals surface area contributed by atoms with Gasteiger partial charge in [0.1, 0.15) is 0 Å². The first-order chi connectivity index (χ1) is 11.3. The lowest BCUT2D eigenvalue weighted by Crippen LogP contribution is -2.30. The Morgan fingerprint density at radius 2 is 2.22 bits per heavy atom. The summed E-state index contributed by atoms with van der Waals surface area (Å²) < 4.78 is 5.55. The number of aromatic amines is 1. The fraction of sp³-hybridized carbons (Fsp3) is 0.500. The molecule has 2 aromatic heterocycles. The molecule has 0 spiro atoms. The Balaban J connectivity index is 1.53. The third-order valence-electron chi connectivity index (χ3n) is 4.69. The first-order valence-corrected chi connectivity index (χ1v) is 7.90. The van der Waals surface area contributed by atoms with E-state index in [1.807, 2.05) is 11.0 Å². The van der Waals surface area contributed by atoms with Gasteiger partial charge in [0.15, 0.2) is 0 Å². The summed E-state index contributed by atoms with van der Waals surface area (Å²) in [7, 11) is 1.67. The minimum Gasteiger partial charge on any atom is -0.379 e. The number of H-pyrrole nitrogens is 1. The molecule has 1 aliphatic carbocycles. The third kappa shape index (κ3) is 2.72. The van der Waals surface area contributed by atoms with Crippen molar-refractivity contribution in [2.75, 3.05) is 20.2 Å². The maximum absolute atomic E-state index is 12.8. The average Bonchev–Trinajstić information content (AvgIpc) is 3.12. The van der Waals surface area contributed by atoms with Crippen LogP contribution >= 0.6 is 0 Å². The van der Waals surface area contributed by atoms with Crippen LogP contribution in [-0.4, -0.2) is 57.5 Å². The van der Waals surface area contributed by atoms with Crippen LogP contribution in [0.3, 0.4) is 0 Å². The zero-order valence-corrected chi connectivity index (χ0v) is 13.0. The lowest BCUT2D eigenvalue weighted by Gasteiger charge is -2.16. The largest absolute Gasteiger partial charge is 0.379 e. The number of methoxy groups -OCH3 is 1. The van der Waals surface area contributed by atoms with Gasteiger partial charge < -0.3 is 9.64 Å². The normalized spacial score (nSPS) is 24.1. The van der Waals surface area contributed by atoms with Crippen molar-refractivity contribution in [2.24, 2.45) is 0 Å². The van der Waals surface area contributed by atoms with Crippen LogP contribution in [0.4, 0.5) is 0 Å². The van der Waals surface area contributed by atoms with Crippen LogP contribution in [0.5, 0.6) is 0 Å². The summed E-state index contributed by atoms with van der Waals surface area (Å²) in [5.74, 6) is 0.616. The van der Waals surface area contributed by atoms with Gasteiger partial charge in [0, 0.05) is 43.6 Å². The molecule has 1 saturated heterocycles. The van der Waals surface area contributed by atoms with Crippen molar-refractivity contribution in [3.63, 3.8) is 0 Å². The van der Waals surface area contributed by atoms with Gasteiger partial charge in [0.05, 0.1) is 23.9 Å². The monoisotopic (exact) mass is 313 g/mol. The van der Waals surface area contributed by atoms with E-state index in [2.05, 4.69) is 20.4 Å². The maximum Gasteiger partial charge on any atom is 0.254 e. The minimum atomic E-state index is -0.0613. The van der Waals surface area contributed by atoms with E-state index in [0.717, 1.165) is 11.4 Å². The molecule has 0 aromatic carbocycles. The number of nitrogens with one attached hydrogen (secondary N) is 1. The molecule has 3 heterocycles. The van der Waals surface area contributed by atoms with E-state index >= 15 is 0 Å². The molecule has 0 unspecified atom stereocenters. The van der Waals surface area contributed by atoms with Crippen LogP contribution in [0.25, 0.3) is 0 Å². The van der Waals surface area contributed by atoms with Gasteiger partial charge in [0.25, 0.3) is 5.91 Å². The molecule has 7 nitrogen and oxygen atoms in total. The summed E-state index contributed by atoms with van der Waals surface area (Å²) in [5, 5.41) is 10.6. The van der Waals surface area contributed by atoms with Crippen LogP contribution in [-0.2, 0) is 4.74 Å². The van der Waals surface area contributed by atoms with E-state index < -0.39 is 0 Å². The fourth-order valence-corrected chi connectivity index (χ4v) is 3.22. The van der Waals surface area contributed by atoms with Crippen LogP contribution in [0, 0.1) is 0 Å². The summed E-state index contributed by atoms with van der Waals surface area (Å²) in [5.41, 5.74) is 2.57. The molecule has 0 bridgehead atoms. The van der Waals surface area contributed by atoms with Gasteiger partial charge in [-0.25, -0.2) is 0 Å². The van der Waals surface area contributed by atoms with E-state index in [1.54, 1.807) is 25.6 Å². The fourth-order valence-electron chi connectivity index (χ4n) is 3.22. The van der Waals surface area contributed by atoms with Crippen molar-refractivity contribution in [2.45, 2.75) is 30.8 Å². The van der Waals surface area contributed by atoms with Gasteiger partial charge >= 0.3 is 0 Å². The standard InChI is InChI=1S/C16H19N5O2/c1-23-15-9-21(8-12(15)14-7-18-20-19-14)16(22)11-4-5-17-13(6-11)10-2-3-10/h4-7,10,12,15H,2-3,8-9H2,1H3,(H,18,19,20)/t12-,15+/m0/s1. The molecule has 1 saturated carbocycles. The Kier molecular flexibility index (Phi) is 3.57. The lowest BCUT2D eigenvalue weighted by molar-refractivity contribution is 0.0714. The second-order valence-corrected chi connectivity index (χ2v) is 6.23. The molecular weight excluding hydrogens is 294 g/mol. The Morgan fingerprint density at radius 1 is 1.35 bits per heavy atom. The number of ether oxygens (including phenoxy) is 1.